The van der Waals surface area contributed by atoms with E-state index in [0.717, 1.165) is 0 Å². The molecule has 0 saturated carbocycles. The fraction of sp³-hybridized carbons (Fsp3) is 0.0667. The van der Waals surface area contributed by atoms with Crippen LogP contribution in [0.15, 0.2) is 42.5 Å². The van der Waals surface area contributed by atoms with Crippen molar-refractivity contribution in [2.45, 2.75) is 0 Å². The first-order valence-electron chi connectivity index (χ1n) is 6.43. The number of rotatable bonds is 4. The number of hydrogen-bond acceptors (Lipinski definition) is 5. The van der Waals surface area contributed by atoms with Gasteiger partial charge in [-0.1, -0.05) is 17.4 Å². The summed E-state index contributed by atoms with van der Waals surface area (Å²) in [4.78, 5) is 16.1. The van der Waals surface area contributed by atoms with Gasteiger partial charge in [-0.25, -0.2) is 9.37 Å². The smallest absolute Gasteiger partial charge is 0.269 e. The Bertz CT molecular complexity index is 817. The molecule has 0 aliphatic heterocycles. The number of amides is 1. The SMILES string of the molecule is COc1ccc(C(=O)NNc2nc3c(F)cccc3s2)cc1. The Morgan fingerprint density at radius 3 is 2.68 bits per heavy atom. The lowest BCUT2D eigenvalue weighted by molar-refractivity contribution is 0.0962. The van der Waals surface area contributed by atoms with Crippen molar-refractivity contribution >= 4 is 32.6 Å². The lowest BCUT2D eigenvalue weighted by Crippen LogP contribution is -2.29. The zero-order valence-electron chi connectivity index (χ0n) is 11.6. The second kappa shape index (κ2) is 5.98. The number of methoxy groups -OCH3 is 1. The number of aromatic nitrogens is 1. The van der Waals surface area contributed by atoms with Gasteiger partial charge in [0.2, 0.25) is 5.13 Å². The summed E-state index contributed by atoms with van der Waals surface area (Å²) in [5.74, 6) is -0.0307. The molecule has 1 heterocycles. The number of nitrogens with zero attached hydrogens (tertiary/aromatic N) is 1. The molecule has 3 aromatic rings. The van der Waals surface area contributed by atoms with E-state index < -0.39 is 0 Å². The van der Waals surface area contributed by atoms with E-state index in [2.05, 4.69) is 15.8 Å². The second-order valence-electron chi connectivity index (χ2n) is 4.41. The minimum atomic E-state index is -0.386. The van der Waals surface area contributed by atoms with Crippen LogP contribution in [-0.2, 0) is 0 Å². The number of ether oxygens (including phenoxy) is 1. The van der Waals surface area contributed by atoms with Crippen molar-refractivity contribution in [3.63, 3.8) is 0 Å². The van der Waals surface area contributed by atoms with E-state index in [9.17, 15) is 9.18 Å². The highest BCUT2D eigenvalue weighted by atomic mass is 32.1. The predicted octanol–water partition coefficient (Wildman–Crippen LogP) is 3.20. The van der Waals surface area contributed by atoms with Crippen LogP contribution >= 0.6 is 11.3 Å². The van der Waals surface area contributed by atoms with Crippen LogP contribution < -0.4 is 15.6 Å². The van der Waals surface area contributed by atoms with E-state index in [-0.39, 0.29) is 17.2 Å². The van der Waals surface area contributed by atoms with Crippen molar-refractivity contribution in [1.82, 2.24) is 10.4 Å². The Morgan fingerprint density at radius 1 is 1.23 bits per heavy atom. The molecule has 112 valence electrons. The summed E-state index contributed by atoms with van der Waals surface area (Å²) >= 11 is 1.26. The first kappa shape index (κ1) is 14.3. The summed E-state index contributed by atoms with van der Waals surface area (Å²) in [5, 5.41) is 0.418. The van der Waals surface area contributed by atoms with Gasteiger partial charge in [-0.15, -0.1) is 0 Å². The van der Waals surface area contributed by atoms with E-state index in [0.29, 0.717) is 21.1 Å². The summed E-state index contributed by atoms with van der Waals surface area (Å²) in [6.07, 6.45) is 0. The maximum atomic E-state index is 13.6. The third-order valence-corrected chi connectivity index (χ3v) is 3.94. The first-order valence-corrected chi connectivity index (χ1v) is 7.24. The van der Waals surface area contributed by atoms with Crippen molar-refractivity contribution in [1.29, 1.82) is 0 Å². The summed E-state index contributed by atoms with van der Waals surface area (Å²) in [6, 6.07) is 11.4. The van der Waals surface area contributed by atoms with Crippen LogP contribution in [0.3, 0.4) is 0 Å². The molecular formula is C15H12FN3O2S. The average Bonchev–Trinajstić information content (AvgIpc) is 2.97. The number of halogens is 1. The molecule has 1 aromatic heterocycles. The summed E-state index contributed by atoms with van der Waals surface area (Å²) < 4.78 is 19.3. The standard InChI is InChI=1S/C15H12FN3O2S/c1-21-10-7-5-9(6-8-10)14(20)18-19-15-17-13-11(16)3-2-4-12(13)22-15/h2-8H,1H3,(H,17,19)(H,18,20). The second-order valence-corrected chi connectivity index (χ2v) is 5.44. The Kier molecular flexibility index (Phi) is 3.88. The Labute approximate surface area is 129 Å². The molecule has 0 spiro atoms. The number of thiazole rings is 1. The van der Waals surface area contributed by atoms with Gasteiger partial charge in [0, 0.05) is 5.56 Å². The average molecular weight is 317 g/mol. The van der Waals surface area contributed by atoms with Crippen LogP contribution in [0.5, 0.6) is 5.75 Å². The Hall–Kier alpha value is -2.67. The van der Waals surface area contributed by atoms with E-state index >= 15 is 0 Å². The minimum Gasteiger partial charge on any atom is -0.497 e. The van der Waals surface area contributed by atoms with E-state index in [1.165, 1.54) is 17.4 Å². The summed E-state index contributed by atoms with van der Waals surface area (Å²) in [7, 11) is 1.56. The zero-order valence-corrected chi connectivity index (χ0v) is 12.4. The quantitative estimate of drug-likeness (QED) is 0.725. The molecule has 0 bridgehead atoms. The van der Waals surface area contributed by atoms with E-state index in [4.69, 9.17) is 4.74 Å². The molecule has 0 aliphatic carbocycles. The van der Waals surface area contributed by atoms with Crippen LogP contribution in [0.1, 0.15) is 10.4 Å². The number of hydrazine groups is 1. The minimum absolute atomic E-state index is 0.286. The number of nitrogens with one attached hydrogen (secondary N) is 2. The van der Waals surface area contributed by atoms with Gasteiger partial charge in [0.1, 0.15) is 17.1 Å². The van der Waals surface area contributed by atoms with Gasteiger partial charge < -0.3 is 4.74 Å². The van der Waals surface area contributed by atoms with Gasteiger partial charge in [0.25, 0.3) is 5.91 Å². The van der Waals surface area contributed by atoms with E-state index in [1.807, 2.05) is 0 Å². The topological polar surface area (TPSA) is 63.2 Å². The molecule has 0 unspecified atom stereocenters. The molecule has 2 aromatic carbocycles. The Morgan fingerprint density at radius 2 is 2.00 bits per heavy atom. The Balaban J connectivity index is 1.70. The molecule has 3 rings (SSSR count). The van der Waals surface area contributed by atoms with Crippen molar-refractivity contribution in [2.75, 3.05) is 12.5 Å². The van der Waals surface area contributed by atoms with Gasteiger partial charge in [0.05, 0.1) is 11.8 Å². The van der Waals surface area contributed by atoms with Crippen LogP contribution in [0.25, 0.3) is 10.2 Å². The lowest BCUT2D eigenvalue weighted by atomic mass is 10.2. The third-order valence-electron chi connectivity index (χ3n) is 3.00. The molecule has 0 atom stereocenters. The molecule has 1 amide bonds. The highest BCUT2D eigenvalue weighted by Gasteiger charge is 2.09. The van der Waals surface area contributed by atoms with Gasteiger partial charge >= 0.3 is 0 Å². The van der Waals surface area contributed by atoms with Crippen molar-refractivity contribution in [3.05, 3.63) is 53.8 Å². The summed E-state index contributed by atoms with van der Waals surface area (Å²) in [6.45, 7) is 0. The largest absolute Gasteiger partial charge is 0.497 e. The fourth-order valence-electron chi connectivity index (χ4n) is 1.89. The number of hydrogen-bond donors (Lipinski definition) is 2. The molecule has 0 fully saturated rings. The molecule has 2 N–H and O–H groups in total. The molecular weight excluding hydrogens is 305 g/mol. The highest BCUT2D eigenvalue weighted by Crippen LogP contribution is 2.26. The predicted molar refractivity (Wildman–Crippen MR) is 83.7 cm³/mol. The first-order chi connectivity index (χ1) is 10.7. The molecule has 5 nitrogen and oxygen atoms in total. The molecule has 0 aliphatic rings. The van der Waals surface area contributed by atoms with Crippen molar-refractivity contribution in [3.8, 4) is 5.75 Å². The maximum absolute atomic E-state index is 13.6. The van der Waals surface area contributed by atoms with Crippen molar-refractivity contribution < 1.29 is 13.9 Å². The van der Waals surface area contributed by atoms with Crippen molar-refractivity contribution in [2.24, 2.45) is 0 Å². The third kappa shape index (κ3) is 2.84. The summed E-state index contributed by atoms with van der Waals surface area (Å²) in [5.41, 5.74) is 5.99. The zero-order chi connectivity index (χ0) is 15.5. The molecule has 0 saturated heterocycles. The van der Waals surface area contributed by atoms with Gasteiger partial charge in [0.15, 0.2) is 0 Å². The number of carbonyl (C=O) groups is 1. The number of para-hydroxylation sites is 1. The number of fused-ring (bicyclic) bond motifs is 1. The van der Waals surface area contributed by atoms with Gasteiger partial charge in [-0.2, -0.15) is 0 Å². The molecule has 0 radical (unpaired) electrons. The van der Waals surface area contributed by atoms with Gasteiger partial charge in [-0.05, 0) is 36.4 Å². The monoisotopic (exact) mass is 317 g/mol. The van der Waals surface area contributed by atoms with Crippen LogP contribution in [-0.4, -0.2) is 18.0 Å². The maximum Gasteiger partial charge on any atom is 0.269 e. The molecule has 22 heavy (non-hydrogen) atoms. The van der Waals surface area contributed by atoms with Gasteiger partial charge in [-0.3, -0.25) is 15.6 Å². The number of carbonyl (C=O) groups excluding carboxylic acids is 1. The van der Waals surface area contributed by atoms with Crippen LogP contribution in [0.2, 0.25) is 0 Å². The fourth-order valence-corrected chi connectivity index (χ4v) is 2.73. The van der Waals surface area contributed by atoms with Crippen LogP contribution in [0.4, 0.5) is 9.52 Å². The normalized spacial score (nSPS) is 10.5. The molecule has 7 heteroatoms. The van der Waals surface area contributed by atoms with Crippen LogP contribution in [0, 0.1) is 5.82 Å². The number of benzene rings is 2. The number of anilines is 1. The lowest BCUT2D eigenvalue weighted by Gasteiger charge is -2.06. The van der Waals surface area contributed by atoms with E-state index in [1.54, 1.807) is 43.5 Å². The highest BCUT2D eigenvalue weighted by molar-refractivity contribution is 7.22.